The van der Waals surface area contributed by atoms with Crippen molar-refractivity contribution in [2.45, 2.75) is 50.8 Å². The van der Waals surface area contributed by atoms with E-state index in [0.29, 0.717) is 0 Å². The molecule has 0 radical (unpaired) electrons. The fourth-order valence-electron chi connectivity index (χ4n) is 1.89. The van der Waals surface area contributed by atoms with Gasteiger partial charge in [0.2, 0.25) is 0 Å². The number of alkyl carbamates (subject to hydrolysis) is 1. The van der Waals surface area contributed by atoms with E-state index in [1.165, 1.54) is 0 Å². The lowest BCUT2D eigenvalue weighted by Gasteiger charge is -2.24. The first-order chi connectivity index (χ1) is 13.5. The number of rotatable bonds is 14. The summed E-state index contributed by atoms with van der Waals surface area (Å²) in [4.78, 5) is 23.0. The van der Waals surface area contributed by atoms with Crippen LogP contribution in [0, 0.1) is 0 Å². The summed E-state index contributed by atoms with van der Waals surface area (Å²) in [6.45, 7) is 5.62. The number of amides is 2. The molecule has 0 heterocycles. The molecule has 0 aromatic rings. The minimum Gasteiger partial charge on any atom is -0.444 e. The van der Waals surface area contributed by atoms with Gasteiger partial charge in [0.05, 0.1) is 33.0 Å². The maximum absolute atomic E-state index is 11.6. The molecule has 0 aromatic carbocycles. The lowest BCUT2D eigenvalue weighted by Crippen LogP contribution is -2.52. The van der Waals surface area contributed by atoms with E-state index < -0.39 is 48.6 Å². The molecule has 172 valence electrons. The lowest BCUT2D eigenvalue weighted by atomic mass is 10.0. The number of carbonyl (C=O) groups is 2. The van der Waals surface area contributed by atoms with E-state index in [0.717, 1.165) is 0 Å². The Bertz CT molecular complexity index is 472. The van der Waals surface area contributed by atoms with E-state index in [-0.39, 0.29) is 39.5 Å². The van der Waals surface area contributed by atoms with E-state index in [9.17, 15) is 30.0 Å². The predicted octanol–water partition coefficient (Wildman–Crippen LogP) is -2.90. The normalized spacial score (nSPS) is 15.9. The van der Waals surface area contributed by atoms with E-state index in [1.807, 2.05) is 0 Å². The van der Waals surface area contributed by atoms with Gasteiger partial charge in [0.25, 0.3) is 5.91 Å². The van der Waals surface area contributed by atoms with Gasteiger partial charge >= 0.3 is 6.09 Å². The maximum Gasteiger partial charge on any atom is 0.407 e. The van der Waals surface area contributed by atoms with E-state index in [2.05, 4.69) is 10.6 Å². The van der Waals surface area contributed by atoms with Crippen molar-refractivity contribution in [2.24, 2.45) is 0 Å². The molecule has 0 fully saturated rings. The van der Waals surface area contributed by atoms with Crippen molar-refractivity contribution in [2.75, 3.05) is 46.1 Å². The zero-order valence-corrected chi connectivity index (χ0v) is 17.0. The van der Waals surface area contributed by atoms with Gasteiger partial charge in [0.15, 0.2) is 6.10 Å². The van der Waals surface area contributed by atoms with Crippen LogP contribution in [0.25, 0.3) is 0 Å². The minimum atomic E-state index is -1.98. The van der Waals surface area contributed by atoms with Crippen molar-refractivity contribution >= 4 is 12.0 Å². The highest BCUT2D eigenvalue weighted by atomic mass is 16.6. The molecular weight excluding hydrogens is 392 g/mol. The Morgan fingerprint density at radius 1 is 0.862 bits per heavy atom. The average molecular weight is 426 g/mol. The molecule has 0 bridgehead atoms. The highest BCUT2D eigenvalue weighted by Gasteiger charge is 2.33. The number of aliphatic hydroxyl groups excluding tert-OH is 5. The van der Waals surface area contributed by atoms with Gasteiger partial charge in [0, 0.05) is 13.1 Å². The number of aliphatic hydroxyl groups is 5. The third-order valence-electron chi connectivity index (χ3n) is 3.36. The van der Waals surface area contributed by atoms with Crippen molar-refractivity contribution in [1.29, 1.82) is 0 Å². The van der Waals surface area contributed by atoms with Crippen molar-refractivity contribution in [1.82, 2.24) is 10.6 Å². The zero-order chi connectivity index (χ0) is 22.4. The van der Waals surface area contributed by atoms with Crippen LogP contribution in [-0.4, -0.2) is 114 Å². The molecule has 0 aromatic heterocycles. The summed E-state index contributed by atoms with van der Waals surface area (Å²) < 4.78 is 15.5. The van der Waals surface area contributed by atoms with Crippen LogP contribution in [0.1, 0.15) is 20.8 Å². The second-order valence-corrected chi connectivity index (χ2v) is 7.12. The first-order valence-corrected chi connectivity index (χ1v) is 9.22. The van der Waals surface area contributed by atoms with Gasteiger partial charge in [-0.1, -0.05) is 0 Å². The van der Waals surface area contributed by atoms with E-state index in [1.54, 1.807) is 20.8 Å². The summed E-state index contributed by atoms with van der Waals surface area (Å²) in [5, 5.41) is 51.3. The average Bonchev–Trinajstić information content (AvgIpc) is 2.65. The fraction of sp³-hybridized carbons (Fsp3) is 0.882. The summed E-state index contributed by atoms with van der Waals surface area (Å²) in [5.74, 6) is -0.963. The topological polar surface area (TPSA) is 187 Å². The maximum atomic E-state index is 11.6. The quantitative estimate of drug-likeness (QED) is 0.142. The Balaban J connectivity index is 3.70. The molecule has 12 heteroatoms. The Kier molecular flexibility index (Phi) is 13.7. The van der Waals surface area contributed by atoms with Crippen LogP contribution in [0.2, 0.25) is 0 Å². The van der Waals surface area contributed by atoms with Gasteiger partial charge < -0.3 is 50.4 Å². The Labute approximate surface area is 169 Å². The Hall–Kier alpha value is -1.54. The van der Waals surface area contributed by atoms with Crippen LogP contribution >= 0.6 is 0 Å². The number of nitrogens with one attached hydrogen (secondary N) is 2. The van der Waals surface area contributed by atoms with Gasteiger partial charge in [-0.15, -0.1) is 0 Å². The molecule has 12 nitrogen and oxygen atoms in total. The highest BCUT2D eigenvalue weighted by molar-refractivity contribution is 5.81. The van der Waals surface area contributed by atoms with Crippen LogP contribution in [0.5, 0.6) is 0 Å². The first-order valence-electron chi connectivity index (χ1n) is 9.22. The van der Waals surface area contributed by atoms with Crippen LogP contribution in [0.3, 0.4) is 0 Å². The first kappa shape index (κ1) is 27.5. The summed E-state index contributed by atoms with van der Waals surface area (Å²) >= 11 is 0. The van der Waals surface area contributed by atoms with Gasteiger partial charge in [0.1, 0.15) is 23.9 Å². The van der Waals surface area contributed by atoms with E-state index >= 15 is 0 Å². The number of carbonyl (C=O) groups excluding carboxylic acids is 2. The monoisotopic (exact) mass is 426 g/mol. The number of ether oxygens (including phenoxy) is 3. The van der Waals surface area contributed by atoms with Gasteiger partial charge in [-0.3, -0.25) is 4.79 Å². The molecular formula is C17H34N2O10. The largest absolute Gasteiger partial charge is 0.444 e. The van der Waals surface area contributed by atoms with Gasteiger partial charge in [-0.25, -0.2) is 4.79 Å². The predicted molar refractivity (Wildman–Crippen MR) is 100.0 cm³/mol. The second-order valence-electron chi connectivity index (χ2n) is 7.12. The molecule has 0 aliphatic carbocycles. The molecule has 0 spiro atoms. The van der Waals surface area contributed by atoms with Crippen LogP contribution in [0.4, 0.5) is 4.79 Å². The third kappa shape index (κ3) is 13.3. The van der Waals surface area contributed by atoms with Gasteiger partial charge in [-0.2, -0.15) is 0 Å². The molecule has 29 heavy (non-hydrogen) atoms. The smallest absolute Gasteiger partial charge is 0.407 e. The molecule has 0 rings (SSSR count). The lowest BCUT2D eigenvalue weighted by molar-refractivity contribution is -0.149. The number of hydrogen-bond acceptors (Lipinski definition) is 10. The fourth-order valence-corrected chi connectivity index (χ4v) is 1.89. The molecule has 0 saturated heterocycles. The molecule has 2 amide bonds. The SMILES string of the molecule is CC(C)(C)OC(=O)NCCOCCOCCNC(=O)C(O)C(O)[C@H](O)C(O)CO. The summed E-state index contributed by atoms with van der Waals surface area (Å²) in [6, 6.07) is 0. The Morgan fingerprint density at radius 3 is 1.86 bits per heavy atom. The number of hydrogen-bond donors (Lipinski definition) is 7. The van der Waals surface area contributed by atoms with Crippen molar-refractivity contribution in [3.63, 3.8) is 0 Å². The second kappa shape index (κ2) is 14.4. The standard InChI is InChI=1S/C17H34N2O10/c1-17(2,3)29-16(26)19-5-7-28-9-8-27-6-4-18-15(25)14(24)13(23)12(22)11(21)10-20/h11-14,20-24H,4-10H2,1-3H3,(H,18,25)(H,19,26)/t11?,12-,13?,14?/m1/s1. The molecule has 0 saturated carbocycles. The van der Waals surface area contributed by atoms with Crippen LogP contribution < -0.4 is 10.6 Å². The highest BCUT2D eigenvalue weighted by Crippen LogP contribution is 2.06. The Morgan fingerprint density at radius 2 is 1.38 bits per heavy atom. The van der Waals surface area contributed by atoms with Crippen molar-refractivity contribution in [3.05, 3.63) is 0 Å². The summed E-state index contributed by atoms with van der Waals surface area (Å²) in [5.41, 5.74) is -0.567. The molecule has 7 N–H and O–H groups in total. The third-order valence-corrected chi connectivity index (χ3v) is 3.36. The summed E-state index contributed by atoms with van der Waals surface area (Å²) in [6.07, 6.45) is -8.03. The van der Waals surface area contributed by atoms with Crippen LogP contribution in [0.15, 0.2) is 0 Å². The van der Waals surface area contributed by atoms with Crippen molar-refractivity contribution < 1.29 is 49.3 Å². The zero-order valence-electron chi connectivity index (χ0n) is 17.0. The summed E-state index contributed by atoms with van der Waals surface area (Å²) in [7, 11) is 0. The molecule has 0 aliphatic heterocycles. The van der Waals surface area contributed by atoms with Crippen molar-refractivity contribution in [3.8, 4) is 0 Å². The van der Waals surface area contributed by atoms with E-state index in [4.69, 9.17) is 19.3 Å². The minimum absolute atomic E-state index is 0.0292. The van der Waals surface area contributed by atoms with Crippen LogP contribution in [-0.2, 0) is 19.0 Å². The molecule has 0 aliphatic rings. The van der Waals surface area contributed by atoms with Gasteiger partial charge in [-0.05, 0) is 20.8 Å². The molecule has 3 unspecified atom stereocenters. The molecule has 4 atom stereocenters.